The monoisotopic (exact) mass is 411 g/mol. The number of aryl methyl sites for hydroxylation is 1. The number of para-hydroxylation sites is 1. The number of halogens is 1. The van der Waals surface area contributed by atoms with Gasteiger partial charge >= 0.3 is 5.97 Å². The average molecular weight is 412 g/mol. The molecule has 0 spiro atoms. The molecule has 0 aliphatic carbocycles. The zero-order valence-electron chi connectivity index (χ0n) is 14.5. The maximum atomic E-state index is 12.6. The highest BCUT2D eigenvalue weighted by Crippen LogP contribution is 2.21. The van der Waals surface area contributed by atoms with Crippen LogP contribution in [-0.2, 0) is 4.74 Å². The van der Waals surface area contributed by atoms with Crippen LogP contribution in [-0.4, -0.2) is 22.9 Å². The molecule has 0 fully saturated rings. The Morgan fingerprint density at radius 3 is 2.42 bits per heavy atom. The summed E-state index contributed by atoms with van der Waals surface area (Å²) in [5.74, 6) is -0.736. The molecule has 4 nitrogen and oxygen atoms in total. The first kappa shape index (κ1) is 18.1. The van der Waals surface area contributed by atoms with Crippen molar-refractivity contribution in [2.45, 2.75) is 13.8 Å². The van der Waals surface area contributed by atoms with E-state index in [1.54, 1.807) is 18.2 Å². The molecule has 0 aliphatic rings. The normalized spacial score (nSPS) is 10.6. The molecule has 0 saturated heterocycles. The van der Waals surface area contributed by atoms with Crippen molar-refractivity contribution in [1.82, 2.24) is 4.57 Å². The highest BCUT2D eigenvalue weighted by atomic mass is 79.9. The summed E-state index contributed by atoms with van der Waals surface area (Å²) in [5, 5.41) is 0. The van der Waals surface area contributed by atoms with E-state index in [4.69, 9.17) is 4.74 Å². The lowest BCUT2D eigenvalue weighted by Crippen LogP contribution is -2.15. The molecule has 0 saturated carbocycles. The number of esters is 1. The number of carbonyl (C=O) groups is 2. The van der Waals surface area contributed by atoms with Gasteiger partial charge in [-0.15, -0.1) is 0 Å². The van der Waals surface area contributed by atoms with E-state index in [0.29, 0.717) is 11.1 Å². The van der Waals surface area contributed by atoms with Gasteiger partial charge in [0.25, 0.3) is 0 Å². The second-order valence-electron chi connectivity index (χ2n) is 5.97. The molecule has 3 aromatic rings. The fraction of sp³-hybridized carbons (Fsp3) is 0.143. The minimum atomic E-state index is -0.517. The maximum absolute atomic E-state index is 12.6. The Balaban J connectivity index is 1.76. The quantitative estimate of drug-likeness (QED) is 0.443. The van der Waals surface area contributed by atoms with Crippen LogP contribution >= 0.6 is 15.9 Å². The molecule has 0 N–H and O–H groups in total. The minimum absolute atomic E-state index is 0.219. The van der Waals surface area contributed by atoms with E-state index in [1.165, 1.54) is 0 Å². The number of ketones is 1. The molecule has 0 radical (unpaired) electrons. The van der Waals surface area contributed by atoms with Gasteiger partial charge < -0.3 is 9.30 Å². The van der Waals surface area contributed by atoms with E-state index < -0.39 is 5.97 Å². The number of aromatic nitrogens is 1. The first-order valence-electron chi connectivity index (χ1n) is 8.17. The summed E-state index contributed by atoms with van der Waals surface area (Å²) in [4.78, 5) is 24.7. The van der Waals surface area contributed by atoms with Crippen molar-refractivity contribution in [1.29, 1.82) is 0 Å². The van der Waals surface area contributed by atoms with Gasteiger partial charge in [-0.25, -0.2) is 4.79 Å². The number of hydrogen-bond acceptors (Lipinski definition) is 3. The smallest absolute Gasteiger partial charge is 0.338 e. The fourth-order valence-electron chi connectivity index (χ4n) is 2.93. The number of nitrogens with zero attached hydrogens (tertiary/aromatic N) is 1. The fourth-order valence-corrected chi connectivity index (χ4v) is 3.33. The summed E-state index contributed by atoms with van der Waals surface area (Å²) in [5.41, 5.74) is 3.75. The van der Waals surface area contributed by atoms with Crippen molar-refractivity contribution in [2.75, 3.05) is 6.61 Å². The van der Waals surface area contributed by atoms with E-state index in [1.807, 2.05) is 60.9 Å². The molecule has 0 bridgehead atoms. The third kappa shape index (κ3) is 3.78. The third-order valence-corrected chi connectivity index (χ3v) is 4.63. The molecule has 132 valence electrons. The topological polar surface area (TPSA) is 48.3 Å². The van der Waals surface area contributed by atoms with Gasteiger partial charge in [-0.05, 0) is 50.2 Å². The van der Waals surface area contributed by atoms with E-state index in [2.05, 4.69) is 15.9 Å². The second kappa shape index (κ2) is 7.70. The van der Waals surface area contributed by atoms with Crippen LogP contribution < -0.4 is 0 Å². The Morgan fingerprint density at radius 1 is 1.00 bits per heavy atom. The molecule has 2 aromatic carbocycles. The van der Waals surface area contributed by atoms with Gasteiger partial charge in [0.1, 0.15) is 0 Å². The largest absolute Gasteiger partial charge is 0.454 e. The standard InChI is InChI=1S/C21H18BrNO3/c1-14-11-19(15(2)23(14)18-9-4-3-5-10-18)20(24)13-26-21(25)16-7-6-8-17(22)12-16/h3-12H,13H2,1-2H3. The highest BCUT2D eigenvalue weighted by Gasteiger charge is 2.18. The Morgan fingerprint density at radius 2 is 1.73 bits per heavy atom. The zero-order chi connectivity index (χ0) is 18.7. The summed E-state index contributed by atoms with van der Waals surface area (Å²) in [6, 6.07) is 18.5. The van der Waals surface area contributed by atoms with Gasteiger partial charge in [0.15, 0.2) is 6.61 Å². The van der Waals surface area contributed by atoms with Crippen LogP contribution in [0.25, 0.3) is 5.69 Å². The first-order chi connectivity index (χ1) is 12.5. The van der Waals surface area contributed by atoms with Gasteiger partial charge in [-0.2, -0.15) is 0 Å². The van der Waals surface area contributed by atoms with Crippen molar-refractivity contribution in [3.8, 4) is 5.69 Å². The number of benzene rings is 2. The molecule has 1 heterocycles. The van der Waals surface area contributed by atoms with Crippen molar-refractivity contribution < 1.29 is 14.3 Å². The lowest BCUT2D eigenvalue weighted by molar-refractivity contribution is 0.0474. The first-order valence-corrected chi connectivity index (χ1v) is 8.97. The van der Waals surface area contributed by atoms with E-state index in [9.17, 15) is 9.59 Å². The molecule has 0 aliphatic heterocycles. The molecule has 3 rings (SSSR count). The van der Waals surface area contributed by atoms with E-state index in [-0.39, 0.29) is 12.4 Å². The Kier molecular flexibility index (Phi) is 5.38. The van der Waals surface area contributed by atoms with E-state index in [0.717, 1.165) is 21.5 Å². The molecular formula is C21H18BrNO3. The number of Topliss-reactive ketones (excluding diaryl/α,β-unsaturated/α-hetero) is 1. The average Bonchev–Trinajstić information content (AvgIpc) is 2.94. The van der Waals surface area contributed by atoms with Gasteiger partial charge in [-0.1, -0.05) is 40.2 Å². The van der Waals surface area contributed by atoms with Gasteiger partial charge in [0, 0.05) is 27.1 Å². The van der Waals surface area contributed by atoms with Crippen LogP contribution in [0.4, 0.5) is 0 Å². The number of carbonyl (C=O) groups excluding carboxylic acids is 2. The summed E-state index contributed by atoms with van der Waals surface area (Å²) in [6.07, 6.45) is 0. The van der Waals surface area contributed by atoms with Crippen LogP contribution in [0.15, 0.2) is 65.1 Å². The number of hydrogen-bond donors (Lipinski definition) is 0. The van der Waals surface area contributed by atoms with Crippen LogP contribution in [0.1, 0.15) is 32.1 Å². The predicted molar refractivity (Wildman–Crippen MR) is 104 cm³/mol. The lowest BCUT2D eigenvalue weighted by atomic mass is 10.1. The van der Waals surface area contributed by atoms with Crippen LogP contribution in [0.3, 0.4) is 0 Å². The Bertz CT molecular complexity index is 961. The second-order valence-corrected chi connectivity index (χ2v) is 6.88. The SMILES string of the molecule is Cc1cc(C(=O)COC(=O)c2cccc(Br)c2)c(C)n1-c1ccccc1. The molecule has 1 aromatic heterocycles. The third-order valence-electron chi connectivity index (χ3n) is 4.14. The molecule has 0 unspecified atom stereocenters. The molecule has 26 heavy (non-hydrogen) atoms. The zero-order valence-corrected chi connectivity index (χ0v) is 16.1. The number of rotatable bonds is 5. The summed E-state index contributed by atoms with van der Waals surface area (Å²) in [6.45, 7) is 3.55. The van der Waals surface area contributed by atoms with Crippen LogP contribution in [0.5, 0.6) is 0 Å². The predicted octanol–water partition coefficient (Wildman–Crippen LogP) is 4.90. The molecular weight excluding hydrogens is 394 g/mol. The Labute approximate surface area is 160 Å². The van der Waals surface area contributed by atoms with Crippen LogP contribution in [0.2, 0.25) is 0 Å². The summed E-state index contributed by atoms with van der Waals surface area (Å²) in [7, 11) is 0. The summed E-state index contributed by atoms with van der Waals surface area (Å²) < 4.78 is 7.99. The molecule has 5 heteroatoms. The van der Waals surface area contributed by atoms with E-state index >= 15 is 0 Å². The van der Waals surface area contributed by atoms with Crippen molar-refractivity contribution in [3.63, 3.8) is 0 Å². The van der Waals surface area contributed by atoms with Gasteiger partial charge in [0.05, 0.1) is 5.56 Å². The maximum Gasteiger partial charge on any atom is 0.338 e. The number of ether oxygens (including phenoxy) is 1. The lowest BCUT2D eigenvalue weighted by Gasteiger charge is -2.09. The van der Waals surface area contributed by atoms with Gasteiger partial charge in [-0.3, -0.25) is 4.79 Å². The molecule has 0 atom stereocenters. The van der Waals surface area contributed by atoms with Gasteiger partial charge in [0.2, 0.25) is 5.78 Å². The van der Waals surface area contributed by atoms with Crippen molar-refractivity contribution in [2.24, 2.45) is 0 Å². The van der Waals surface area contributed by atoms with Crippen molar-refractivity contribution in [3.05, 3.63) is 87.7 Å². The Hall–Kier alpha value is -2.66. The highest BCUT2D eigenvalue weighted by molar-refractivity contribution is 9.10. The minimum Gasteiger partial charge on any atom is -0.454 e. The summed E-state index contributed by atoms with van der Waals surface area (Å²) >= 11 is 3.31. The van der Waals surface area contributed by atoms with Crippen LogP contribution in [0, 0.1) is 13.8 Å². The van der Waals surface area contributed by atoms with Crippen molar-refractivity contribution >= 4 is 27.7 Å². The molecule has 0 amide bonds.